The maximum atomic E-state index is 13.9. The maximum Gasteiger partial charge on any atom is 0.334 e. The minimum atomic E-state index is -0.821. The monoisotopic (exact) mass is 547 g/mol. The molecule has 0 bridgehead atoms. The van der Waals surface area contributed by atoms with Crippen molar-refractivity contribution in [2.24, 2.45) is 0 Å². The van der Waals surface area contributed by atoms with Gasteiger partial charge in [0, 0.05) is 31.6 Å². The second kappa shape index (κ2) is 11.3. The van der Waals surface area contributed by atoms with Crippen molar-refractivity contribution in [3.05, 3.63) is 101 Å². The van der Waals surface area contributed by atoms with Crippen LogP contribution in [0.3, 0.4) is 0 Å². The SMILES string of the molecule is CN1CC(=O)N2[C@@H](Cc3ccc(O)cc3)C(=O)N(Cc3cccc(Cl)c3)C[C@@H]2N1C(=O)NCc1ccccc1. The standard InChI is InChI=1S/C29H30ClN5O4/c1-32-19-27(37)34-25(15-20-10-12-24(36)13-11-20)28(38)33(17-22-8-5-9-23(30)14-22)18-26(34)35(32)29(39)31-16-21-6-3-2-4-7-21/h2-14,25-26,36H,15-19H2,1H3,(H,31,39)/t25-,26-/m0/s1. The summed E-state index contributed by atoms with van der Waals surface area (Å²) in [5, 5.41) is 16.4. The molecule has 2 atom stereocenters. The van der Waals surface area contributed by atoms with Gasteiger partial charge in [0.1, 0.15) is 18.0 Å². The van der Waals surface area contributed by atoms with Gasteiger partial charge in [-0.05, 0) is 41.0 Å². The van der Waals surface area contributed by atoms with Crippen LogP contribution in [-0.4, -0.2) is 75.1 Å². The normalized spacial score (nSPS) is 19.7. The van der Waals surface area contributed by atoms with E-state index in [1.54, 1.807) is 58.3 Å². The molecule has 2 heterocycles. The lowest BCUT2D eigenvalue weighted by Gasteiger charge is -2.54. The molecule has 9 nitrogen and oxygen atoms in total. The highest BCUT2D eigenvalue weighted by Gasteiger charge is 2.50. The molecule has 5 rings (SSSR count). The van der Waals surface area contributed by atoms with Crippen LogP contribution < -0.4 is 5.32 Å². The van der Waals surface area contributed by atoms with Gasteiger partial charge in [-0.25, -0.2) is 14.8 Å². The Kier molecular flexibility index (Phi) is 7.72. The molecule has 3 aromatic carbocycles. The molecule has 0 unspecified atom stereocenters. The van der Waals surface area contributed by atoms with Gasteiger partial charge >= 0.3 is 6.03 Å². The molecular weight excluding hydrogens is 518 g/mol. The maximum absolute atomic E-state index is 13.9. The van der Waals surface area contributed by atoms with E-state index in [0.717, 1.165) is 16.7 Å². The molecule has 0 aromatic heterocycles. The molecule has 3 aromatic rings. The number of nitrogens with zero attached hydrogens (tertiary/aromatic N) is 4. The summed E-state index contributed by atoms with van der Waals surface area (Å²) in [6.45, 7) is 0.717. The quantitative estimate of drug-likeness (QED) is 0.494. The third-order valence-electron chi connectivity index (χ3n) is 7.06. The molecule has 0 aliphatic carbocycles. The van der Waals surface area contributed by atoms with E-state index in [4.69, 9.17) is 11.6 Å². The van der Waals surface area contributed by atoms with Crippen LogP contribution in [0.25, 0.3) is 0 Å². The van der Waals surface area contributed by atoms with Gasteiger partial charge in [0.25, 0.3) is 0 Å². The minimum Gasteiger partial charge on any atom is -0.508 e. The van der Waals surface area contributed by atoms with E-state index in [-0.39, 0.29) is 49.7 Å². The summed E-state index contributed by atoms with van der Waals surface area (Å²) in [6.07, 6.45) is -0.456. The number of aromatic hydroxyl groups is 1. The summed E-state index contributed by atoms with van der Waals surface area (Å²) < 4.78 is 0. The van der Waals surface area contributed by atoms with E-state index in [1.165, 1.54) is 5.01 Å². The van der Waals surface area contributed by atoms with Crippen molar-refractivity contribution in [3.63, 3.8) is 0 Å². The highest BCUT2D eigenvalue weighted by Crippen LogP contribution is 2.29. The van der Waals surface area contributed by atoms with E-state index in [1.807, 2.05) is 42.5 Å². The fourth-order valence-corrected chi connectivity index (χ4v) is 5.43. The average Bonchev–Trinajstić information content (AvgIpc) is 2.91. The van der Waals surface area contributed by atoms with Crippen molar-refractivity contribution in [2.45, 2.75) is 31.7 Å². The first-order chi connectivity index (χ1) is 18.8. The number of rotatable bonds is 6. The zero-order chi connectivity index (χ0) is 27.5. The number of hydrogen-bond donors (Lipinski definition) is 2. The number of nitrogens with one attached hydrogen (secondary N) is 1. The molecule has 4 amide bonds. The van der Waals surface area contributed by atoms with Crippen LogP contribution in [0.2, 0.25) is 5.02 Å². The van der Waals surface area contributed by atoms with Crippen molar-refractivity contribution in [1.29, 1.82) is 0 Å². The molecule has 2 saturated heterocycles. The third kappa shape index (κ3) is 5.84. The summed E-state index contributed by atoms with van der Waals surface area (Å²) in [6, 6.07) is 22.3. The van der Waals surface area contributed by atoms with Gasteiger partial charge in [-0.15, -0.1) is 0 Å². The Bertz CT molecular complexity index is 1350. The summed E-state index contributed by atoms with van der Waals surface area (Å²) in [5.74, 6) is -0.317. The first kappa shape index (κ1) is 26.5. The minimum absolute atomic E-state index is 0.0388. The molecule has 10 heteroatoms. The summed E-state index contributed by atoms with van der Waals surface area (Å²) >= 11 is 6.20. The van der Waals surface area contributed by atoms with Gasteiger partial charge in [0.05, 0.1) is 13.1 Å². The van der Waals surface area contributed by atoms with E-state index in [2.05, 4.69) is 5.32 Å². The van der Waals surface area contributed by atoms with Gasteiger partial charge in [0.2, 0.25) is 11.8 Å². The summed E-state index contributed by atoms with van der Waals surface area (Å²) in [7, 11) is 1.70. The molecule has 0 spiro atoms. The van der Waals surface area contributed by atoms with Crippen LogP contribution in [0.15, 0.2) is 78.9 Å². The Morgan fingerprint density at radius 3 is 2.41 bits per heavy atom. The number of phenolic OH excluding ortho intramolecular Hbond substituents is 1. The second-order valence-corrected chi connectivity index (χ2v) is 10.3. The molecule has 2 fully saturated rings. The largest absolute Gasteiger partial charge is 0.508 e. The van der Waals surface area contributed by atoms with Crippen LogP contribution >= 0.6 is 11.6 Å². The van der Waals surface area contributed by atoms with Crippen LogP contribution in [0.5, 0.6) is 5.75 Å². The third-order valence-corrected chi connectivity index (χ3v) is 7.30. The first-order valence-corrected chi connectivity index (χ1v) is 13.1. The first-order valence-electron chi connectivity index (χ1n) is 12.7. The Balaban J connectivity index is 1.46. The van der Waals surface area contributed by atoms with Crippen LogP contribution in [0.1, 0.15) is 16.7 Å². The number of hydrogen-bond acceptors (Lipinski definition) is 5. The fraction of sp³-hybridized carbons (Fsp3) is 0.276. The lowest BCUT2D eigenvalue weighted by Crippen LogP contribution is -2.76. The molecule has 39 heavy (non-hydrogen) atoms. The summed E-state index contributed by atoms with van der Waals surface area (Å²) in [5.41, 5.74) is 2.59. The van der Waals surface area contributed by atoms with Crippen LogP contribution in [0, 0.1) is 0 Å². The Morgan fingerprint density at radius 1 is 0.974 bits per heavy atom. The van der Waals surface area contributed by atoms with Gasteiger partial charge in [-0.3, -0.25) is 9.59 Å². The van der Waals surface area contributed by atoms with Gasteiger partial charge in [-0.1, -0.05) is 66.2 Å². The average molecular weight is 548 g/mol. The molecule has 202 valence electrons. The van der Waals surface area contributed by atoms with Crippen LogP contribution in [0.4, 0.5) is 4.79 Å². The number of amides is 4. The molecule has 2 N–H and O–H groups in total. The van der Waals surface area contributed by atoms with Crippen molar-refractivity contribution in [3.8, 4) is 5.75 Å². The highest BCUT2D eigenvalue weighted by molar-refractivity contribution is 6.30. The predicted molar refractivity (Wildman–Crippen MR) is 146 cm³/mol. The molecule has 2 aliphatic heterocycles. The molecule has 0 saturated carbocycles. The van der Waals surface area contributed by atoms with Crippen molar-refractivity contribution >= 4 is 29.4 Å². The number of likely N-dealkylation sites (N-methyl/N-ethyl adjacent to an activating group) is 1. The number of fused-ring (bicyclic) bond motifs is 1. The second-order valence-electron chi connectivity index (χ2n) is 9.82. The number of carbonyl (C=O) groups is 3. The highest BCUT2D eigenvalue weighted by atomic mass is 35.5. The van der Waals surface area contributed by atoms with E-state index in [0.29, 0.717) is 11.6 Å². The van der Waals surface area contributed by atoms with Crippen molar-refractivity contribution < 1.29 is 19.5 Å². The smallest absolute Gasteiger partial charge is 0.334 e. The molecule has 0 radical (unpaired) electrons. The zero-order valence-corrected chi connectivity index (χ0v) is 22.3. The number of halogens is 1. The predicted octanol–water partition coefficient (Wildman–Crippen LogP) is 3.23. The van der Waals surface area contributed by atoms with Crippen molar-refractivity contribution in [2.75, 3.05) is 20.1 Å². The number of hydrazine groups is 1. The van der Waals surface area contributed by atoms with Gasteiger partial charge in [0.15, 0.2) is 0 Å². The molecule has 2 aliphatic rings. The number of urea groups is 1. The Morgan fingerprint density at radius 2 is 1.69 bits per heavy atom. The lowest BCUT2D eigenvalue weighted by atomic mass is 9.98. The number of phenols is 1. The zero-order valence-electron chi connectivity index (χ0n) is 21.5. The molecular formula is C29H30ClN5O4. The van der Waals surface area contributed by atoms with Gasteiger partial charge < -0.3 is 20.2 Å². The van der Waals surface area contributed by atoms with Gasteiger partial charge in [-0.2, -0.15) is 0 Å². The fourth-order valence-electron chi connectivity index (χ4n) is 5.21. The lowest BCUT2D eigenvalue weighted by molar-refractivity contribution is -0.187. The summed E-state index contributed by atoms with van der Waals surface area (Å²) in [4.78, 5) is 44.0. The number of piperazine rings is 1. The Hall–Kier alpha value is -4.08. The topological polar surface area (TPSA) is 96.4 Å². The van der Waals surface area contributed by atoms with E-state index < -0.39 is 12.2 Å². The number of carbonyl (C=O) groups excluding carboxylic acids is 3. The van der Waals surface area contributed by atoms with Crippen molar-refractivity contribution in [1.82, 2.24) is 25.1 Å². The van der Waals surface area contributed by atoms with E-state index in [9.17, 15) is 19.5 Å². The van der Waals surface area contributed by atoms with Crippen LogP contribution in [-0.2, 0) is 29.1 Å². The van der Waals surface area contributed by atoms with E-state index >= 15 is 0 Å². The Labute approximate surface area is 232 Å². The number of benzene rings is 3.